The van der Waals surface area contributed by atoms with Crippen molar-refractivity contribution in [3.63, 3.8) is 0 Å². The Kier molecular flexibility index (Phi) is 4.73. The lowest BCUT2D eigenvalue weighted by atomic mass is 10.0. The van der Waals surface area contributed by atoms with Crippen LogP contribution in [0, 0.1) is 11.8 Å². The van der Waals surface area contributed by atoms with Crippen molar-refractivity contribution in [2.75, 3.05) is 26.8 Å². The number of carbonyl (C=O) groups is 2. The van der Waals surface area contributed by atoms with Gasteiger partial charge in [0.15, 0.2) is 0 Å². The van der Waals surface area contributed by atoms with Crippen LogP contribution in [0.3, 0.4) is 0 Å². The Morgan fingerprint density at radius 3 is 2.75 bits per heavy atom. The first-order valence-electron chi connectivity index (χ1n) is 5.58. The smallest absolute Gasteiger partial charge is 0.308 e. The fourth-order valence-corrected chi connectivity index (χ4v) is 1.83. The minimum Gasteiger partial charge on any atom is -0.481 e. The molecule has 1 aliphatic heterocycles. The zero-order valence-corrected chi connectivity index (χ0v) is 9.81. The van der Waals surface area contributed by atoms with Crippen molar-refractivity contribution in [3.8, 4) is 0 Å². The first-order chi connectivity index (χ1) is 7.52. The normalized spacial score (nSPS) is 22.5. The Labute approximate surface area is 95.4 Å². The summed E-state index contributed by atoms with van der Waals surface area (Å²) in [4.78, 5) is 24.1. The lowest BCUT2D eigenvalue weighted by molar-refractivity contribution is -0.144. The highest BCUT2D eigenvalue weighted by molar-refractivity contribution is 5.79. The third-order valence-corrected chi connectivity index (χ3v) is 2.86. The summed E-state index contributed by atoms with van der Waals surface area (Å²) < 4.78 is 5.24. The van der Waals surface area contributed by atoms with Crippen molar-refractivity contribution < 1.29 is 19.4 Å². The molecule has 2 unspecified atom stereocenters. The number of rotatable bonds is 4. The molecule has 1 heterocycles. The lowest BCUT2D eigenvalue weighted by Crippen LogP contribution is -2.40. The van der Waals surface area contributed by atoms with Crippen LogP contribution in [0.5, 0.6) is 0 Å². The van der Waals surface area contributed by atoms with Crippen LogP contribution in [0.4, 0.5) is 0 Å². The molecule has 1 amide bonds. The van der Waals surface area contributed by atoms with Crippen LogP contribution in [0.15, 0.2) is 0 Å². The summed E-state index contributed by atoms with van der Waals surface area (Å²) in [5.74, 6) is -1.51. The van der Waals surface area contributed by atoms with E-state index in [-0.39, 0.29) is 18.4 Å². The number of amides is 1. The first kappa shape index (κ1) is 13.0. The zero-order chi connectivity index (χ0) is 12.1. The molecule has 0 aliphatic carbocycles. The first-order valence-corrected chi connectivity index (χ1v) is 5.58. The van der Waals surface area contributed by atoms with E-state index in [4.69, 9.17) is 9.84 Å². The minimum atomic E-state index is -0.875. The molecule has 1 aliphatic rings. The molecule has 0 aromatic carbocycles. The highest BCUT2D eigenvalue weighted by Crippen LogP contribution is 2.16. The monoisotopic (exact) mass is 229 g/mol. The van der Waals surface area contributed by atoms with Gasteiger partial charge in [-0.15, -0.1) is 0 Å². The van der Waals surface area contributed by atoms with Gasteiger partial charge in [0.25, 0.3) is 0 Å². The minimum absolute atomic E-state index is 0.00667. The fraction of sp³-hybridized carbons (Fsp3) is 0.818. The summed E-state index contributed by atoms with van der Waals surface area (Å²) in [6, 6.07) is 0. The van der Waals surface area contributed by atoms with Gasteiger partial charge in [-0.25, -0.2) is 0 Å². The number of hydrogen-bond donors (Lipinski definition) is 1. The number of hydrogen-bond acceptors (Lipinski definition) is 3. The maximum atomic E-state index is 11.9. The van der Waals surface area contributed by atoms with Crippen molar-refractivity contribution in [2.24, 2.45) is 11.8 Å². The molecule has 16 heavy (non-hydrogen) atoms. The van der Waals surface area contributed by atoms with E-state index in [1.54, 1.807) is 14.0 Å². The van der Waals surface area contributed by atoms with Gasteiger partial charge in [0.1, 0.15) is 0 Å². The maximum Gasteiger partial charge on any atom is 0.308 e. The Hall–Kier alpha value is -1.10. The van der Waals surface area contributed by atoms with E-state index < -0.39 is 11.9 Å². The van der Waals surface area contributed by atoms with Gasteiger partial charge in [-0.3, -0.25) is 9.59 Å². The van der Waals surface area contributed by atoms with Gasteiger partial charge < -0.3 is 14.7 Å². The summed E-state index contributed by atoms with van der Waals surface area (Å²) in [6.07, 6.45) is 1.74. The largest absolute Gasteiger partial charge is 0.481 e. The molecule has 0 saturated carbocycles. The van der Waals surface area contributed by atoms with Gasteiger partial charge >= 0.3 is 5.97 Å². The fourth-order valence-electron chi connectivity index (χ4n) is 1.83. The maximum absolute atomic E-state index is 11.9. The van der Waals surface area contributed by atoms with E-state index in [2.05, 4.69) is 0 Å². The summed E-state index contributed by atoms with van der Waals surface area (Å²) in [7, 11) is 1.65. The van der Waals surface area contributed by atoms with Crippen molar-refractivity contribution in [3.05, 3.63) is 0 Å². The molecule has 0 aromatic heterocycles. The molecule has 1 rings (SSSR count). The Morgan fingerprint density at radius 2 is 2.25 bits per heavy atom. The van der Waals surface area contributed by atoms with Crippen LogP contribution in [-0.2, 0) is 14.3 Å². The highest BCUT2D eigenvalue weighted by Gasteiger charge is 2.26. The van der Waals surface area contributed by atoms with Gasteiger partial charge in [0.05, 0.1) is 18.4 Å². The van der Waals surface area contributed by atoms with E-state index >= 15 is 0 Å². The van der Waals surface area contributed by atoms with Crippen molar-refractivity contribution in [1.29, 1.82) is 0 Å². The summed E-state index contributed by atoms with van der Waals surface area (Å²) >= 11 is 0. The van der Waals surface area contributed by atoms with E-state index in [0.717, 1.165) is 19.4 Å². The van der Waals surface area contributed by atoms with Gasteiger partial charge in [-0.05, 0) is 12.8 Å². The van der Waals surface area contributed by atoms with Crippen LogP contribution in [0.2, 0.25) is 0 Å². The van der Waals surface area contributed by atoms with Crippen LogP contribution in [0.1, 0.15) is 19.8 Å². The number of carboxylic acid groups (broad SMARTS) is 1. The molecule has 1 N–H and O–H groups in total. The van der Waals surface area contributed by atoms with Crippen LogP contribution < -0.4 is 0 Å². The predicted octanol–water partition coefficient (Wildman–Crippen LogP) is 0.592. The Bertz CT molecular complexity index is 261. The van der Waals surface area contributed by atoms with Gasteiger partial charge in [-0.1, -0.05) is 6.92 Å². The van der Waals surface area contributed by atoms with E-state index in [9.17, 15) is 9.59 Å². The van der Waals surface area contributed by atoms with Crippen molar-refractivity contribution in [1.82, 2.24) is 4.90 Å². The third kappa shape index (κ3) is 3.48. The molecule has 5 heteroatoms. The van der Waals surface area contributed by atoms with Crippen molar-refractivity contribution >= 4 is 11.9 Å². The van der Waals surface area contributed by atoms with E-state index in [0.29, 0.717) is 6.61 Å². The molecular formula is C11H19NO4. The summed E-state index contributed by atoms with van der Waals surface area (Å²) in [6.45, 7) is 3.04. The number of aliphatic carboxylic acids is 1. The number of carboxylic acids is 1. The molecule has 0 radical (unpaired) electrons. The molecule has 92 valence electrons. The SMILES string of the molecule is CC(CN(C)C(=O)C1CCCOC1)C(=O)O. The molecule has 0 spiro atoms. The Morgan fingerprint density at radius 1 is 1.56 bits per heavy atom. The van der Waals surface area contributed by atoms with Crippen molar-refractivity contribution in [2.45, 2.75) is 19.8 Å². The second kappa shape index (κ2) is 5.84. The van der Waals surface area contributed by atoms with E-state index in [1.807, 2.05) is 0 Å². The molecule has 2 atom stereocenters. The average Bonchev–Trinajstić information content (AvgIpc) is 2.28. The predicted molar refractivity (Wildman–Crippen MR) is 58.0 cm³/mol. The standard InChI is InChI=1S/C11H19NO4/c1-8(11(14)15)6-12(2)10(13)9-4-3-5-16-7-9/h8-9H,3-7H2,1-2H3,(H,14,15). The second-order valence-corrected chi connectivity index (χ2v) is 4.37. The van der Waals surface area contributed by atoms with Crippen LogP contribution in [-0.4, -0.2) is 48.7 Å². The average molecular weight is 229 g/mol. The molecule has 0 bridgehead atoms. The zero-order valence-electron chi connectivity index (χ0n) is 9.81. The highest BCUT2D eigenvalue weighted by atomic mass is 16.5. The third-order valence-electron chi connectivity index (χ3n) is 2.86. The lowest BCUT2D eigenvalue weighted by Gasteiger charge is -2.27. The quantitative estimate of drug-likeness (QED) is 0.766. The topological polar surface area (TPSA) is 66.8 Å². The van der Waals surface area contributed by atoms with Gasteiger partial charge in [-0.2, -0.15) is 0 Å². The van der Waals surface area contributed by atoms with E-state index in [1.165, 1.54) is 4.90 Å². The Balaban J connectivity index is 2.43. The summed E-state index contributed by atoms with van der Waals surface area (Å²) in [5, 5.41) is 8.76. The molecular weight excluding hydrogens is 210 g/mol. The molecule has 0 aromatic rings. The van der Waals surface area contributed by atoms with Gasteiger partial charge in [0, 0.05) is 20.2 Å². The van der Waals surface area contributed by atoms with Gasteiger partial charge in [0.2, 0.25) is 5.91 Å². The number of carbonyl (C=O) groups excluding carboxylic acids is 1. The molecule has 1 saturated heterocycles. The molecule has 1 fully saturated rings. The number of ether oxygens (including phenoxy) is 1. The van der Waals surface area contributed by atoms with Crippen LogP contribution in [0.25, 0.3) is 0 Å². The number of nitrogens with zero attached hydrogens (tertiary/aromatic N) is 1. The van der Waals surface area contributed by atoms with Crippen LogP contribution >= 0.6 is 0 Å². The molecule has 5 nitrogen and oxygen atoms in total. The second-order valence-electron chi connectivity index (χ2n) is 4.37. The summed E-state index contributed by atoms with van der Waals surface area (Å²) in [5.41, 5.74) is 0.